The molecule has 0 saturated heterocycles. The summed E-state index contributed by atoms with van der Waals surface area (Å²) in [4.78, 5) is 11.9. The Kier molecular flexibility index (Phi) is 5.83. The zero-order valence-electron chi connectivity index (χ0n) is 11.4. The van der Waals surface area contributed by atoms with Gasteiger partial charge in [0.05, 0.1) is 6.54 Å². The summed E-state index contributed by atoms with van der Waals surface area (Å²) >= 11 is 1.93. The van der Waals surface area contributed by atoms with Crippen molar-refractivity contribution in [1.29, 1.82) is 0 Å². The number of hydrogen-bond acceptors (Lipinski definition) is 3. The van der Waals surface area contributed by atoms with Crippen LogP contribution in [0.5, 0.6) is 0 Å². The molecule has 0 aromatic heterocycles. The average Bonchev–Trinajstić information content (AvgIpc) is 2.85. The molecule has 1 amide bonds. The Morgan fingerprint density at radius 1 is 1.11 bits per heavy atom. The van der Waals surface area contributed by atoms with Gasteiger partial charge in [-0.15, -0.1) is 0 Å². The summed E-state index contributed by atoms with van der Waals surface area (Å²) in [5.74, 6) is 0.189. The molecular formula is C14H26N2OS. The lowest BCUT2D eigenvalue weighted by atomic mass is 9.95. The lowest BCUT2D eigenvalue weighted by molar-refractivity contribution is -0.121. The van der Waals surface area contributed by atoms with Crippen molar-refractivity contribution in [1.82, 2.24) is 10.6 Å². The molecule has 0 bridgehead atoms. The minimum atomic E-state index is 0.189. The molecule has 2 aliphatic rings. The Morgan fingerprint density at radius 2 is 1.89 bits per heavy atom. The second-order valence-corrected chi connectivity index (χ2v) is 6.67. The van der Waals surface area contributed by atoms with Gasteiger partial charge in [0.25, 0.3) is 0 Å². The number of nitrogens with one attached hydrogen (secondary N) is 2. The maximum atomic E-state index is 11.9. The van der Waals surface area contributed by atoms with Gasteiger partial charge in [-0.25, -0.2) is 0 Å². The van der Waals surface area contributed by atoms with E-state index in [-0.39, 0.29) is 5.91 Å². The zero-order chi connectivity index (χ0) is 12.8. The summed E-state index contributed by atoms with van der Waals surface area (Å²) in [5, 5.41) is 7.31. The first-order chi connectivity index (χ1) is 8.79. The van der Waals surface area contributed by atoms with Crippen LogP contribution in [0.25, 0.3) is 0 Å². The van der Waals surface area contributed by atoms with Gasteiger partial charge >= 0.3 is 0 Å². The van der Waals surface area contributed by atoms with Crippen LogP contribution >= 0.6 is 11.8 Å². The van der Waals surface area contributed by atoms with Crippen LogP contribution < -0.4 is 10.6 Å². The quantitative estimate of drug-likeness (QED) is 0.805. The molecule has 0 aliphatic heterocycles. The van der Waals surface area contributed by atoms with Gasteiger partial charge in [0.15, 0.2) is 0 Å². The van der Waals surface area contributed by atoms with Gasteiger partial charge in [0, 0.05) is 17.3 Å². The average molecular weight is 270 g/mol. The molecule has 0 aromatic carbocycles. The van der Waals surface area contributed by atoms with Gasteiger partial charge in [-0.3, -0.25) is 4.79 Å². The largest absolute Gasteiger partial charge is 0.352 e. The third-order valence-electron chi connectivity index (χ3n) is 4.25. The summed E-state index contributed by atoms with van der Waals surface area (Å²) in [6.45, 7) is 0.498. The topological polar surface area (TPSA) is 41.1 Å². The van der Waals surface area contributed by atoms with Crippen LogP contribution in [0.1, 0.15) is 51.4 Å². The van der Waals surface area contributed by atoms with Crippen molar-refractivity contribution in [2.24, 2.45) is 0 Å². The standard InChI is InChI=1S/C14H26N2OS/c1-18-13-9-5-8-12(13)15-10-14(17)16-11-6-3-2-4-7-11/h11-13,15H,2-10H2,1H3,(H,16,17). The molecule has 2 atom stereocenters. The molecule has 3 nitrogen and oxygen atoms in total. The van der Waals surface area contributed by atoms with E-state index >= 15 is 0 Å². The van der Waals surface area contributed by atoms with Crippen LogP contribution in [0.2, 0.25) is 0 Å². The fourth-order valence-corrected chi connectivity index (χ4v) is 4.15. The molecule has 18 heavy (non-hydrogen) atoms. The molecule has 0 spiro atoms. The van der Waals surface area contributed by atoms with Crippen LogP contribution in [-0.2, 0) is 4.79 Å². The minimum absolute atomic E-state index is 0.189. The van der Waals surface area contributed by atoms with Crippen molar-refractivity contribution < 1.29 is 4.79 Å². The van der Waals surface area contributed by atoms with E-state index in [9.17, 15) is 4.79 Å². The first-order valence-electron chi connectivity index (χ1n) is 7.35. The lowest BCUT2D eigenvalue weighted by Gasteiger charge is -2.24. The Balaban J connectivity index is 1.64. The highest BCUT2D eigenvalue weighted by atomic mass is 32.2. The van der Waals surface area contributed by atoms with E-state index in [0.29, 0.717) is 23.9 Å². The van der Waals surface area contributed by atoms with Crippen LogP contribution in [0.3, 0.4) is 0 Å². The molecular weight excluding hydrogens is 244 g/mol. The summed E-state index contributed by atoms with van der Waals surface area (Å²) < 4.78 is 0. The second kappa shape index (κ2) is 7.39. The molecule has 2 unspecified atom stereocenters. The van der Waals surface area contributed by atoms with Crippen molar-refractivity contribution >= 4 is 17.7 Å². The maximum absolute atomic E-state index is 11.9. The fourth-order valence-electron chi connectivity index (χ4n) is 3.19. The molecule has 2 saturated carbocycles. The summed E-state index contributed by atoms with van der Waals surface area (Å²) in [7, 11) is 0. The SMILES string of the molecule is CSC1CCCC1NCC(=O)NC1CCCCC1. The molecule has 104 valence electrons. The first-order valence-corrected chi connectivity index (χ1v) is 8.64. The van der Waals surface area contributed by atoms with E-state index in [0.717, 1.165) is 0 Å². The predicted octanol–water partition coefficient (Wildman–Crippen LogP) is 2.31. The van der Waals surface area contributed by atoms with Gasteiger partial charge in [-0.05, 0) is 31.9 Å². The molecule has 0 radical (unpaired) electrons. The van der Waals surface area contributed by atoms with Crippen LogP contribution in [0.15, 0.2) is 0 Å². The number of thioether (sulfide) groups is 1. The van der Waals surface area contributed by atoms with Crippen molar-refractivity contribution in [3.05, 3.63) is 0 Å². The van der Waals surface area contributed by atoms with Gasteiger partial charge in [0.1, 0.15) is 0 Å². The Labute approximate surface area is 115 Å². The highest BCUT2D eigenvalue weighted by molar-refractivity contribution is 7.99. The van der Waals surface area contributed by atoms with Crippen LogP contribution in [0.4, 0.5) is 0 Å². The van der Waals surface area contributed by atoms with E-state index < -0.39 is 0 Å². The Bertz CT molecular complexity index is 267. The van der Waals surface area contributed by atoms with E-state index in [1.54, 1.807) is 0 Å². The monoisotopic (exact) mass is 270 g/mol. The smallest absolute Gasteiger partial charge is 0.234 e. The second-order valence-electron chi connectivity index (χ2n) is 5.59. The van der Waals surface area contributed by atoms with E-state index in [2.05, 4.69) is 16.9 Å². The molecule has 2 N–H and O–H groups in total. The highest BCUT2D eigenvalue weighted by Crippen LogP contribution is 2.28. The van der Waals surface area contributed by atoms with E-state index in [1.165, 1.54) is 51.4 Å². The van der Waals surface area contributed by atoms with Gasteiger partial charge in [-0.2, -0.15) is 11.8 Å². The highest BCUT2D eigenvalue weighted by Gasteiger charge is 2.26. The Hall–Kier alpha value is -0.220. The Morgan fingerprint density at radius 3 is 2.61 bits per heavy atom. The normalized spacial score (nSPS) is 29.4. The summed E-state index contributed by atoms with van der Waals surface area (Å²) in [5.41, 5.74) is 0. The fraction of sp³-hybridized carbons (Fsp3) is 0.929. The minimum Gasteiger partial charge on any atom is -0.352 e. The van der Waals surface area contributed by atoms with Crippen molar-refractivity contribution in [2.75, 3.05) is 12.8 Å². The molecule has 2 fully saturated rings. The molecule has 2 rings (SSSR count). The van der Waals surface area contributed by atoms with Crippen LogP contribution in [0, 0.1) is 0 Å². The van der Waals surface area contributed by atoms with Gasteiger partial charge in [-0.1, -0.05) is 25.7 Å². The summed E-state index contributed by atoms with van der Waals surface area (Å²) in [6, 6.07) is 0.977. The molecule has 4 heteroatoms. The van der Waals surface area contributed by atoms with Crippen molar-refractivity contribution in [3.63, 3.8) is 0 Å². The van der Waals surface area contributed by atoms with Crippen LogP contribution in [-0.4, -0.2) is 36.0 Å². The molecule has 0 aromatic rings. The number of carbonyl (C=O) groups excluding carboxylic acids is 1. The molecule has 0 heterocycles. The number of amides is 1. The third-order valence-corrected chi connectivity index (χ3v) is 5.42. The maximum Gasteiger partial charge on any atom is 0.234 e. The lowest BCUT2D eigenvalue weighted by Crippen LogP contribution is -2.45. The van der Waals surface area contributed by atoms with Crippen molar-refractivity contribution in [2.45, 2.75) is 68.7 Å². The van der Waals surface area contributed by atoms with Crippen molar-refractivity contribution in [3.8, 4) is 0 Å². The van der Waals surface area contributed by atoms with Gasteiger partial charge in [0.2, 0.25) is 5.91 Å². The van der Waals surface area contributed by atoms with E-state index in [4.69, 9.17) is 0 Å². The predicted molar refractivity (Wildman–Crippen MR) is 78.0 cm³/mol. The molecule has 2 aliphatic carbocycles. The summed E-state index contributed by atoms with van der Waals surface area (Å²) in [6.07, 6.45) is 12.2. The number of hydrogen-bond donors (Lipinski definition) is 2. The van der Waals surface area contributed by atoms with Gasteiger partial charge < -0.3 is 10.6 Å². The van der Waals surface area contributed by atoms with E-state index in [1.807, 2.05) is 11.8 Å². The number of carbonyl (C=O) groups is 1. The zero-order valence-corrected chi connectivity index (χ0v) is 12.2. The first kappa shape index (κ1) is 14.2. The number of rotatable bonds is 5. The third kappa shape index (κ3) is 4.16.